The first-order valence-corrected chi connectivity index (χ1v) is 6.87. The Morgan fingerprint density at radius 3 is 2.50 bits per heavy atom. The summed E-state index contributed by atoms with van der Waals surface area (Å²) in [5.41, 5.74) is 9.06. The average molecular weight is 288 g/mol. The van der Waals surface area contributed by atoms with Crippen LogP contribution in [0.4, 0.5) is 5.82 Å². The van der Waals surface area contributed by atoms with E-state index in [-0.39, 0.29) is 5.78 Å². The minimum atomic E-state index is -0.132. The molecule has 4 aromatic rings. The van der Waals surface area contributed by atoms with Gasteiger partial charge in [0, 0.05) is 11.8 Å². The maximum absolute atomic E-state index is 12.5. The third kappa shape index (κ3) is 1.83. The highest BCUT2D eigenvalue weighted by Gasteiger charge is 2.16. The number of anilines is 1. The number of hydrogen-bond acceptors (Lipinski definition) is 4. The van der Waals surface area contributed by atoms with Gasteiger partial charge in [-0.1, -0.05) is 42.5 Å². The summed E-state index contributed by atoms with van der Waals surface area (Å²) in [6.07, 6.45) is 1.71. The first-order valence-electron chi connectivity index (χ1n) is 6.87. The molecule has 0 unspecified atom stereocenters. The van der Waals surface area contributed by atoms with Gasteiger partial charge < -0.3 is 5.73 Å². The maximum atomic E-state index is 12.5. The Morgan fingerprint density at radius 1 is 0.955 bits per heavy atom. The van der Waals surface area contributed by atoms with E-state index >= 15 is 0 Å². The molecule has 0 atom stereocenters. The molecule has 2 heterocycles. The summed E-state index contributed by atoms with van der Waals surface area (Å²) >= 11 is 0. The zero-order chi connectivity index (χ0) is 15.1. The second kappa shape index (κ2) is 4.66. The second-order valence-corrected chi connectivity index (χ2v) is 5.00. The highest BCUT2D eigenvalue weighted by atomic mass is 16.1. The zero-order valence-electron chi connectivity index (χ0n) is 11.6. The molecule has 5 nitrogen and oxygen atoms in total. The van der Waals surface area contributed by atoms with E-state index in [1.807, 2.05) is 46.9 Å². The number of ketones is 1. The quantitative estimate of drug-likeness (QED) is 0.575. The van der Waals surface area contributed by atoms with Crippen molar-refractivity contribution >= 4 is 28.3 Å². The standard InChI is InChI=1S/C17H12N4O/c18-16-17-20-13(15(22)11-6-2-1-3-7-11)10-21(17)14-9-5-4-8-12(14)19-16/h1-10H,(H2,18,19). The Balaban J connectivity index is 1.96. The lowest BCUT2D eigenvalue weighted by Crippen LogP contribution is -2.01. The molecule has 0 amide bonds. The molecule has 2 N–H and O–H groups in total. The maximum Gasteiger partial charge on any atom is 0.212 e. The van der Waals surface area contributed by atoms with Gasteiger partial charge in [-0.2, -0.15) is 0 Å². The molecule has 0 aliphatic carbocycles. The molecule has 0 fully saturated rings. The van der Waals surface area contributed by atoms with Crippen LogP contribution in [-0.2, 0) is 0 Å². The lowest BCUT2D eigenvalue weighted by Gasteiger charge is -2.02. The van der Waals surface area contributed by atoms with E-state index in [9.17, 15) is 4.79 Å². The second-order valence-electron chi connectivity index (χ2n) is 5.00. The molecule has 0 saturated heterocycles. The van der Waals surface area contributed by atoms with E-state index < -0.39 is 0 Å². The van der Waals surface area contributed by atoms with Crippen molar-refractivity contribution in [3.8, 4) is 0 Å². The van der Waals surface area contributed by atoms with Crippen LogP contribution in [0.25, 0.3) is 16.7 Å². The number of imidazole rings is 1. The van der Waals surface area contributed by atoms with Gasteiger partial charge in [0.2, 0.25) is 5.78 Å². The molecule has 22 heavy (non-hydrogen) atoms. The van der Waals surface area contributed by atoms with Gasteiger partial charge in [-0.25, -0.2) is 9.97 Å². The number of fused-ring (bicyclic) bond motifs is 3. The molecule has 0 spiro atoms. The zero-order valence-corrected chi connectivity index (χ0v) is 11.6. The van der Waals surface area contributed by atoms with Crippen molar-refractivity contribution in [3.63, 3.8) is 0 Å². The SMILES string of the molecule is Nc1nc2ccccc2n2cc(C(=O)c3ccccc3)nc12. The van der Waals surface area contributed by atoms with Crippen molar-refractivity contribution in [1.82, 2.24) is 14.4 Å². The summed E-state index contributed by atoms with van der Waals surface area (Å²) in [6, 6.07) is 16.7. The third-order valence-electron chi connectivity index (χ3n) is 3.59. The molecule has 2 aromatic carbocycles. The molecule has 0 bridgehead atoms. The highest BCUT2D eigenvalue weighted by Crippen LogP contribution is 2.20. The average Bonchev–Trinajstić information content (AvgIpc) is 3.01. The number of carbonyl (C=O) groups excluding carboxylic acids is 1. The normalized spacial score (nSPS) is 11.1. The van der Waals surface area contributed by atoms with Crippen LogP contribution >= 0.6 is 0 Å². The van der Waals surface area contributed by atoms with Gasteiger partial charge >= 0.3 is 0 Å². The van der Waals surface area contributed by atoms with Gasteiger partial charge in [0.15, 0.2) is 11.5 Å². The molecule has 0 aliphatic rings. The Bertz CT molecular complexity index is 1010. The monoisotopic (exact) mass is 288 g/mol. The topological polar surface area (TPSA) is 73.3 Å². The number of carbonyl (C=O) groups is 1. The van der Waals surface area contributed by atoms with Crippen LogP contribution in [0.3, 0.4) is 0 Å². The van der Waals surface area contributed by atoms with Crippen molar-refractivity contribution in [2.75, 3.05) is 5.73 Å². The van der Waals surface area contributed by atoms with Crippen molar-refractivity contribution in [2.24, 2.45) is 0 Å². The number of aromatic nitrogens is 3. The Morgan fingerprint density at radius 2 is 1.68 bits per heavy atom. The van der Waals surface area contributed by atoms with E-state index in [1.165, 1.54) is 0 Å². The fraction of sp³-hybridized carbons (Fsp3) is 0. The molecule has 5 heteroatoms. The van der Waals surface area contributed by atoms with Crippen LogP contribution in [0.1, 0.15) is 16.1 Å². The van der Waals surface area contributed by atoms with Crippen LogP contribution in [0.2, 0.25) is 0 Å². The summed E-state index contributed by atoms with van der Waals surface area (Å²) in [5.74, 6) is 0.179. The van der Waals surface area contributed by atoms with E-state index in [2.05, 4.69) is 9.97 Å². The minimum absolute atomic E-state index is 0.132. The van der Waals surface area contributed by atoms with E-state index in [4.69, 9.17) is 5.73 Å². The number of nitrogens with two attached hydrogens (primary N) is 1. The van der Waals surface area contributed by atoms with Crippen molar-refractivity contribution < 1.29 is 4.79 Å². The van der Waals surface area contributed by atoms with Crippen LogP contribution in [0.5, 0.6) is 0 Å². The summed E-state index contributed by atoms with van der Waals surface area (Å²) in [5, 5.41) is 0. The molecule has 4 rings (SSSR count). The summed E-state index contributed by atoms with van der Waals surface area (Å²) in [7, 11) is 0. The van der Waals surface area contributed by atoms with Crippen LogP contribution < -0.4 is 5.73 Å². The van der Waals surface area contributed by atoms with Crippen molar-refractivity contribution in [2.45, 2.75) is 0 Å². The predicted octanol–water partition coefficient (Wildman–Crippen LogP) is 2.70. The fourth-order valence-corrected chi connectivity index (χ4v) is 2.53. The molecule has 106 valence electrons. The Labute approximate surface area is 126 Å². The highest BCUT2D eigenvalue weighted by molar-refractivity contribution is 6.08. The molecule has 2 aromatic heterocycles. The fourth-order valence-electron chi connectivity index (χ4n) is 2.53. The number of rotatable bonds is 2. The van der Waals surface area contributed by atoms with Crippen LogP contribution in [-0.4, -0.2) is 20.2 Å². The molecular formula is C17H12N4O. The van der Waals surface area contributed by atoms with E-state index in [0.717, 1.165) is 11.0 Å². The lowest BCUT2D eigenvalue weighted by atomic mass is 10.1. The lowest BCUT2D eigenvalue weighted by molar-refractivity contribution is 0.103. The van der Waals surface area contributed by atoms with Gasteiger partial charge in [-0.15, -0.1) is 0 Å². The van der Waals surface area contributed by atoms with Crippen LogP contribution in [0, 0.1) is 0 Å². The van der Waals surface area contributed by atoms with E-state index in [0.29, 0.717) is 22.7 Å². The van der Waals surface area contributed by atoms with Gasteiger partial charge in [0.25, 0.3) is 0 Å². The number of nitrogens with zero attached hydrogens (tertiary/aromatic N) is 3. The first-order chi connectivity index (χ1) is 10.7. The number of para-hydroxylation sites is 2. The van der Waals surface area contributed by atoms with Crippen molar-refractivity contribution in [3.05, 3.63) is 72.1 Å². The van der Waals surface area contributed by atoms with Crippen LogP contribution in [0.15, 0.2) is 60.8 Å². The van der Waals surface area contributed by atoms with Gasteiger partial charge in [0.05, 0.1) is 11.0 Å². The summed E-state index contributed by atoms with van der Waals surface area (Å²) in [4.78, 5) is 21.2. The molecule has 0 radical (unpaired) electrons. The molecule has 0 aliphatic heterocycles. The Kier molecular flexibility index (Phi) is 2.66. The molecular weight excluding hydrogens is 276 g/mol. The van der Waals surface area contributed by atoms with E-state index in [1.54, 1.807) is 18.3 Å². The Hall–Kier alpha value is -3.21. The smallest absolute Gasteiger partial charge is 0.212 e. The summed E-state index contributed by atoms with van der Waals surface area (Å²) in [6.45, 7) is 0. The summed E-state index contributed by atoms with van der Waals surface area (Å²) < 4.78 is 1.81. The predicted molar refractivity (Wildman–Crippen MR) is 84.8 cm³/mol. The number of benzene rings is 2. The molecule has 0 saturated carbocycles. The van der Waals surface area contributed by atoms with Crippen molar-refractivity contribution in [1.29, 1.82) is 0 Å². The van der Waals surface area contributed by atoms with Gasteiger partial charge in [-0.05, 0) is 12.1 Å². The third-order valence-corrected chi connectivity index (χ3v) is 3.59. The number of nitrogen functional groups attached to an aromatic ring is 1. The first kappa shape index (κ1) is 12.5. The number of hydrogen-bond donors (Lipinski definition) is 1. The van der Waals surface area contributed by atoms with Gasteiger partial charge in [-0.3, -0.25) is 9.20 Å². The van der Waals surface area contributed by atoms with Gasteiger partial charge in [0.1, 0.15) is 5.69 Å². The largest absolute Gasteiger partial charge is 0.381 e. The minimum Gasteiger partial charge on any atom is -0.381 e.